The van der Waals surface area contributed by atoms with Gasteiger partial charge in [-0.15, -0.1) is 6.58 Å². The Labute approximate surface area is 121 Å². The fourth-order valence-electron chi connectivity index (χ4n) is 2.57. The van der Waals surface area contributed by atoms with Crippen LogP contribution in [-0.2, 0) is 6.54 Å². The van der Waals surface area contributed by atoms with E-state index in [9.17, 15) is 0 Å². The van der Waals surface area contributed by atoms with Crippen LogP contribution < -0.4 is 5.73 Å². The molecular formula is C17H25N3. The first kappa shape index (κ1) is 14.8. The zero-order valence-electron chi connectivity index (χ0n) is 12.8. The summed E-state index contributed by atoms with van der Waals surface area (Å²) >= 11 is 0. The van der Waals surface area contributed by atoms with Gasteiger partial charge in [0.05, 0.1) is 17.1 Å². The number of nitrogens with two attached hydrogens (primary N) is 1. The summed E-state index contributed by atoms with van der Waals surface area (Å²) in [6.45, 7) is 11.1. The van der Waals surface area contributed by atoms with Crippen molar-refractivity contribution in [3.05, 3.63) is 42.2 Å². The van der Waals surface area contributed by atoms with E-state index in [1.807, 2.05) is 6.08 Å². The van der Waals surface area contributed by atoms with E-state index in [2.05, 4.69) is 50.1 Å². The molecule has 1 heterocycles. The highest BCUT2D eigenvalue weighted by molar-refractivity contribution is 5.77. The molecule has 3 nitrogen and oxygen atoms in total. The molecule has 0 radical (unpaired) electrons. The van der Waals surface area contributed by atoms with Crippen LogP contribution in [0.15, 0.2) is 30.9 Å². The van der Waals surface area contributed by atoms with Crippen molar-refractivity contribution < 1.29 is 0 Å². The van der Waals surface area contributed by atoms with Crippen LogP contribution in [-0.4, -0.2) is 9.55 Å². The molecule has 108 valence electrons. The Balaban J connectivity index is 2.55. The molecule has 0 aliphatic heterocycles. The van der Waals surface area contributed by atoms with Gasteiger partial charge in [-0.1, -0.05) is 39.3 Å². The fraction of sp³-hybridized carbons (Fsp3) is 0.471. The van der Waals surface area contributed by atoms with Gasteiger partial charge in [0, 0.05) is 6.54 Å². The second-order valence-corrected chi connectivity index (χ2v) is 5.67. The second-order valence-electron chi connectivity index (χ2n) is 5.67. The summed E-state index contributed by atoms with van der Waals surface area (Å²) in [4.78, 5) is 4.78. The number of rotatable bonds is 6. The zero-order chi connectivity index (χ0) is 14.7. The van der Waals surface area contributed by atoms with Crippen LogP contribution in [0.2, 0.25) is 0 Å². The number of allylic oxidation sites excluding steroid dienone is 1. The number of benzene rings is 1. The highest BCUT2D eigenvalue weighted by Gasteiger charge is 2.16. The summed E-state index contributed by atoms with van der Waals surface area (Å²) in [6, 6.07) is 6.52. The predicted molar refractivity (Wildman–Crippen MR) is 85.9 cm³/mol. The van der Waals surface area contributed by atoms with Gasteiger partial charge in [0.15, 0.2) is 0 Å². The van der Waals surface area contributed by atoms with Gasteiger partial charge in [0.1, 0.15) is 5.82 Å². The highest BCUT2D eigenvalue weighted by atomic mass is 15.1. The van der Waals surface area contributed by atoms with Gasteiger partial charge in [0.2, 0.25) is 0 Å². The Morgan fingerprint density at radius 1 is 1.40 bits per heavy atom. The Bertz CT molecular complexity index is 596. The maximum atomic E-state index is 6.28. The first-order valence-electron chi connectivity index (χ1n) is 7.45. The minimum atomic E-state index is -0.00477. The van der Waals surface area contributed by atoms with Crippen molar-refractivity contribution in [2.24, 2.45) is 5.73 Å². The van der Waals surface area contributed by atoms with Crippen molar-refractivity contribution >= 4 is 11.0 Å². The van der Waals surface area contributed by atoms with Crippen LogP contribution in [0.25, 0.3) is 11.0 Å². The third kappa shape index (κ3) is 2.78. The SMILES string of the molecule is C=CCn1c(C(N)CCC)nc2cc(C(C)C)ccc21. The van der Waals surface area contributed by atoms with E-state index >= 15 is 0 Å². The number of hydrogen-bond donors (Lipinski definition) is 1. The molecule has 0 aliphatic rings. The summed E-state index contributed by atoms with van der Waals surface area (Å²) < 4.78 is 2.19. The molecule has 1 aromatic carbocycles. The van der Waals surface area contributed by atoms with Crippen molar-refractivity contribution in [3.63, 3.8) is 0 Å². The molecular weight excluding hydrogens is 246 g/mol. The van der Waals surface area contributed by atoms with Crippen molar-refractivity contribution in [3.8, 4) is 0 Å². The standard InChI is InChI=1S/C17H25N3/c1-5-7-14(18)17-19-15-11-13(12(3)4)8-9-16(15)20(17)10-6-2/h6,8-9,11-12,14H,2,5,7,10,18H2,1,3-4H3. The van der Waals surface area contributed by atoms with E-state index in [0.29, 0.717) is 5.92 Å². The quantitative estimate of drug-likeness (QED) is 0.802. The minimum Gasteiger partial charge on any atom is -0.323 e. The van der Waals surface area contributed by atoms with Gasteiger partial charge in [-0.25, -0.2) is 4.98 Å². The van der Waals surface area contributed by atoms with Gasteiger partial charge >= 0.3 is 0 Å². The first-order valence-corrected chi connectivity index (χ1v) is 7.45. The third-order valence-corrected chi connectivity index (χ3v) is 3.71. The van der Waals surface area contributed by atoms with Gasteiger partial charge in [-0.3, -0.25) is 0 Å². The largest absolute Gasteiger partial charge is 0.323 e. The molecule has 1 aromatic heterocycles. The van der Waals surface area contributed by atoms with Crippen molar-refractivity contribution in [1.82, 2.24) is 9.55 Å². The molecule has 0 bridgehead atoms. The molecule has 0 fully saturated rings. The van der Waals surface area contributed by atoms with Crippen molar-refractivity contribution in [1.29, 1.82) is 0 Å². The van der Waals surface area contributed by atoms with E-state index < -0.39 is 0 Å². The van der Waals surface area contributed by atoms with Crippen molar-refractivity contribution in [2.75, 3.05) is 0 Å². The van der Waals surface area contributed by atoms with Crippen LogP contribution in [0.4, 0.5) is 0 Å². The molecule has 0 amide bonds. The lowest BCUT2D eigenvalue weighted by atomic mass is 10.0. The molecule has 0 saturated carbocycles. The first-order chi connectivity index (χ1) is 9.58. The van der Waals surface area contributed by atoms with E-state index in [4.69, 9.17) is 10.7 Å². The smallest absolute Gasteiger partial charge is 0.127 e. The molecule has 0 aliphatic carbocycles. The number of aromatic nitrogens is 2. The van der Waals surface area contributed by atoms with Crippen molar-refractivity contribution in [2.45, 2.75) is 52.1 Å². The molecule has 2 aromatic rings. The van der Waals surface area contributed by atoms with Gasteiger partial charge < -0.3 is 10.3 Å². The van der Waals surface area contributed by atoms with Gasteiger partial charge in [-0.2, -0.15) is 0 Å². The summed E-state index contributed by atoms with van der Waals surface area (Å²) in [5.41, 5.74) is 9.79. The third-order valence-electron chi connectivity index (χ3n) is 3.71. The lowest BCUT2D eigenvalue weighted by Crippen LogP contribution is -2.16. The number of fused-ring (bicyclic) bond motifs is 1. The molecule has 1 unspecified atom stereocenters. The Morgan fingerprint density at radius 2 is 2.15 bits per heavy atom. The number of imidazole rings is 1. The Hall–Kier alpha value is -1.61. The van der Waals surface area contributed by atoms with E-state index in [-0.39, 0.29) is 6.04 Å². The molecule has 2 N–H and O–H groups in total. The predicted octanol–water partition coefficient (Wildman–Crippen LogP) is 4.15. The van der Waals surface area contributed by atoms with Gasteiger partial charge in [-0.05, 0) is 30.0 Å². The topological polar surface area (TPSA) is 43.8 Å². The van der Waals surface area contributed by atoms with E-state index in [1.165, 1.54) is 5.56 Å². The lowest BCUT2D eigenvalue weighted by Gasteiger charge is -2.12. The minimum absolute atomic E-state index is 0.00477. The summed E-state index contributed by atoms with van der Waals surface area (Å²) in [6.07, 6.45) is 3.92. The second kappa shape index (κ2) is 6.23. The normalized spacial score (nSPS) is 13.1. The summed E-state index contributed by atoms with van der Waals surface area (Å²) in [5, 5.41) is 0. The zero-order valence-corrected chi connectivity index (χ0v) is 12.8. The lowest BCUT2D eigenvalue weighted by molar-refractivity contribution is 0.574. The van der Waals surface area contributed by atoms with E-state index in [0.717, 1.165) is 36.2 Å². The molecule has 0 spiro atoms. The Morgan fingerprint density at radius 3 is 2.75 bits per heavy atom. The Kier molecular flexibility index (Phi) is 4.61. The maximum Gasteiger partial charge on any atom is 0.127 e. The highest BCUT2D eigenvalue weighted by Crippen LogP contribution is 2.25. The molecule has 1 atom stereocenters. The summed E-state index contributed by atoms with van der Waals surface area (Å²) in [5.74, 6) is 1.49. The number of hydrogen-bond acceptors (Lipinski definition) is 2. The van der Waals surface area contributed by atoms with Crippen LogP contribution in [0.1, 0.15) is 57.0 Å². The molecule has 20 heavy (non-hydrogen) atoms. The summed E-state index contributed by atoms with van der Waals surface area (Å²) in [7, 11) is 0. The fourth-order valence-corrected chi connectivity index (χ4v) is 2.57. The van der Waals surface area contributed by atoms with Crippen LogP contribution in [0.5, 0.6) is 0 Å². The van der Waals surface area contributed by atoms with Crippen LogP contribution >= 0.6 is 0 Å². The van der Waals surface area contributed by atoms with Crippen LogP contribution in [0.3, 0.4) is 0 Å². The number of nitrogens with zero attached hydrogens (tertiary/aromatic N) is 2. The average molecular weight is 271 g/mol. The van der Waals surface area contributed by atoms with Crippen LogP contribution in [0, 0.1) is 0 Å². The van der Waals surface area contributed by atoms with Gasteiger partial charge in [0.25, 0.3) is 0 Å². The van der Waals surface area contributed by atoms with E-state index in [1.54, 1.807) is 0 Å². The molecule has 2 rings (SSSR count). The molecule has 3 heteroatoms. The molecule has 0 saturated heterocycles. The average Bonchev–Trinajstić information content (AvgIpc) is 2.77. The monoisotopic (exact) mass is 271 g/mol. The maximum absolute atomic E-state index is 6.28.